The molecule has 34 heavy (non-hydrogen) atoms. The number of thiazole rings is 1. The van der Waals surface area contributed by atoms with Crippen molar-refractivity contribution in [3.8, 4) is 0 Å². The van der Waals surface area contributed by atoms with Crippen molar-refractivity contribution in [3.63, 3.8) is 0 Å². The molecule has 2 amide bonds. The molecule has 4 rings (SSSR count). The summed E-state index contributed by atoms with van der Waals surface area (Å²) >= 11 is 1.54. The number of nitrogens with zero attached hydrogens (tertiary/aromatic N) is 3. The second-order valence-electron chi connectivity index (χ2n) is 9.13. The number of hydrogen-bond acceptors (Lipinski definition) is 6. The van der Waals surface area contributed by atoms with Crippen molar-refractivity contribution >= 4 is 39.3 Å². The summed E-state index contributed by atoms with van der Waals surface area (Å²) in [5.41, 5.74) is 1.52. The van der Waals surface area contributed by atoms with Crippen LogP contribution in [0, 0.1) is 5.92 Å². The predicted octanol–water partition coefficient (Wildman–Crippen LogP) is 4.04. The van der Waals surface area contributed by atoms with E-state index in [0.717, 1.165) is 33.6 Å². The Hall–Kier alpha value is -2.69. The van der Waals surface area contributed by atoms with Gasteiger partial charge in [0.25, 0.3) is 0 Å². The third kappa shape index (κ3) is 5.34. The molecule has 2 aliphatic heterocycles. The van der Waals surface area contributed by atoms with Gasteiger partial charge in [0, 0.05) is 32.5 Å². The number of hydrogen-bond donors (Lipinski definition) is 0. The molecule has 0 aliphatic carbocycles. The molecular weight excluding hydrogens is 471 g/mol. The van der Waals surface area contributed by atoms with E-state index in [0.29, 0.717) is 19.4 Å². The fraction of sp³-hybridized carbons (Fsp3) is 0.565. The van der Waals surface area contributed by atoms with Crippen LogP contribution in [-0.4, -0.2) is 65.5 Å². The molecule has 1 aromatic heterocycles. The lowest BCUT2D eigenvalue weighted by molar-refractivity contribution is -0.190. The Bertz CT molecular complexity index is 1100. The summed E-state index contributed by atoms with van der Waals surface area (Å²) in [7, 11) is 1.79. The van der Waals surface area contributed by atoms with Crippen LogP contribution in [-0.2, 0) is 19.1 Å². The van der Waals surface area contributed by atoms with Gasteiger partial charge in [0.2, 0.25) is 5.91 Å². The Morgan fingerprint density at radius 1 is 1.24 bits per heavy atom. The number of likely N-dealkylation sites (tertiary alicyclic amines) is 2. The van der Waals surface area contributed by atoms with Crippen LogP contribution in [0.5, 0.6) is 0 Å². The number of aromatic nitrogens is 1. The van der Waals surface area contributed by atoms with Gasteiger partial charge < -0.3 is 14.5 Å². The van der Waals surface area contributed by atoms with Gasteiger partial charge in [-0.1, -0.05) is 13.0 Å². The first-order valence-corrected chi connectivity index (χ1v) is 12.0. The zero-order valence-corrected chi connectivity index (χ0v) is 19.7. The number of alkyl halides is 3. The van der Waals surface area contributed by atoms with Gasteiger partial charge in [0.1, 0.15) is 0 Å². The van der Waals surface area contributed by atoms with E-state index < -0.39 is 30.7 Å². The first-order chi connectivity index (χ1) is 16.0. The van der Waals surface area contributed by atoms with Crippen LogP contribution < -0.4 is 0 Å². The fourth-order valence-electron chi connectivity index (χ4n) is 4.55. The van der Waals surface area contributed by atoms with E-state index in [4.69, 9.17) is 4.98 Å². The highest BCUT2D eigenvalue weighted by Crippen LogP contribution is 2.38. The van der Waals surface area contributed by atoms with Crippen molar-refractivity contribution in [1.29, 1.82) is 0 Å². The molecule has 0 bridgehead atoms. The molecule has 11 heteroatoms. The van der Waals surface area contributed by atoms with Crippen molar-refractivity contribution in [2.75, 3.05) is 26.7 Å². The van der Waals surface area contributed by atoms with Gasteiger partial charge in [-0.25, -0.2) is 9.78 Å². The van der Waals surface area contributed by atoms with Crippen LogP contribution in [0.25, 0.3) is 10.2 Å². The van der Waals surface area contributed by atoms with Gasteiger partial charge in [0.05, 0.1) is 21.3 Å². The second kappa shape index (κ2) is 9.52. The first-order valence-electron chi connectivity index (χ1n) is 11.2. The molecule has 0 saturated carbocycles. The summed E-state index contributed by atoms with van der Waals surface area (Å²) in [6, 6.07) is 5.19. The quantitative estimate of drug-likeness (QED) is 0.473. The Morgan fingerprint density at radius 2 is 2.00 bits per heavy atom. The van der Waals surface area contributed by atoms with Crippen LogP contribution in [0.1, 0.15) is 55.1 Å². The maximum atomic E-state index is 12.7. The van der Waals surface area contributed by atoms with E-state index in [9.17, 15) is 27.6 Å². The maximum absolute atomic E-state index is 12.7. The number of rotatable bonds is 3. The van der Waals surface area contributed by atoms with Gasteiger partial charge in [-0.3, -0.25) is 9.59 Å². The highest BCUT2D eigenvalue weighted by atomic mass is 32.1. The molecule has 2 aromatic rings. The summed E-state index contributed by atoms with van der Waals surface area (Å²) in [6.07, 6.45) is -2.05. The molecule has 7 nitrogen and oxygen atoms in total. The number of esters is 1. The summed E-state index contributed by atoms with van der Waals surface area (Å²) in [5, 5.41) is 0.898. The molecule has 3 atom stereocenters. The number of fused-ring (bicyclic) bond motifs is 1. The SMILES string of the molecule is C[C@H]1CC[C@H](c2ccc3sc(C4CCN(C)C(=O)C4)nc3c2)N(C(=O)C(=O)OCC(F)(F)F)C1. The molecule has 1 unspecified atom stereocenters. The highest BCUT2D eigenvalue weighted by Gasteiger charge is 2.37. The minimum Gasteiger partial charge on any atom is -0.449 e. The number of amides is 2. The van der Waals surface area contributed by atoms with E-state index in [1.54, 1.807) is 23.3 Å². The zero-order valence-electron chi connectivity index (χ0n) is 18.9. The molecule has 0 spiro atoms. The van der Waals surface area contributed by atoms with Gasteiger partial charge in [-0.15, -0.1) is 11.3 Å². The standard InChI is InChI=1S/C23H26F3N3O4S/c1-13-3-5-17(29(11-13)21(31)22(32)33-12-23(24,25)26)14-4-6-18-16(9-14)27-20(34-18)15-7-8-28(2)19(30)10-15/h4,6,9,13,15,17H,3,5,7-8,10-12H2,1-2H3/t13-,15?,17+/m0/s1. The number of carbonyl (C=O) groups excluding carboxylic acids is 3. The maximum Gasteiger partial charge on any atom is 0.422 e. The molecule has 184 valence electrons. The minimum absolute atomic E-state index is 0.0709. The third-order valence-corrected chi connectivity index (χ3v) is 7.64. The van der Waals surface area contributed by atoms with E-state index >= 15 is 0 Å². The summed E-state index contributed by atoms with van der Waals surface area (Å²) in [5.74, 6) is -2.29. The average Bonchev–Trinajstić information content (AvgIpc) is 3.21. The van der Waals surface area contributed by atoms with Crippen LogP contribution in [0.4, 0.5) is 13.2 Å². The van der Waals surface area contributed by atoms with Crippen LogP contribution in [0.15, 0.2) is 18.2 Å². The lowest BCUT2D eigenvalue weighted by Gasteiger charge is -2.38. The zero-order chi connectivity index (χ0) is 24.6. The van der Waals surface area contributed by atoms with E-state index in [2.05, 4.69) is 4.74 Å². The molecule has 0 radical (unpaired) electrons. The van der Waals surface area contributed by atoms with E-state index in [1.165, 1.54) is 4.90 Å². The Morgan fingerprint density at radius 3 is 2.71 bits per heavy atom. The Kier molecular flexibility index (Phi) is 6.84. The molecule has 2 saturated heterocycles. The van der Waals surface area contributed by atoms with Crippen molar-refractivity contribution < 1.29 is 32.3 Å². The summed E-state index contributed by atoms with van der Waals surface area (Å²) < 4.78 is 42.4. The van der Waals surface area contributed by atoms with Crippen molar-refractivity contribution in [3.05, 3.63) is 28.8 Å². The number of ether oxygens (including phenoxy) is 1. The number of halogens is 3. The topological polar surface area (TPSA) is 79.8 Å². The average molecular weight is 498 g/mol. The van der Waals surface area contributed by atoms with Gasteiger partial charge in [0.15, 0.2) is 6.61 Å². The largest absolute Gasteiger partial charge is 0.449 e. The molecular formula is C23H26F3N3O4S. The van der Waals surface area contributed by atoms with Gasteiger partial charge in [-0.05, 0) is 42.9 Å². The fourth-order valence-corrected chi connectivity index (χ4v) is 5.63. The second-order valence-corrected chi connectivity index (χ2v) is 10.2. The summed E-state index contributed by atoms with van der Waals surface area (Å²) in [4.78, 5) is 44.7. The van der Waals surface area contributed by atoms with E-state index in [1.807, 2.05) is 25.1 Å². The molecule has 3 heterocycles. The van der Waals surface area contributed by atoms with Crippen LogP contribution >= 0.6 is 11.3 Å². The smallest absolute Gasteiger partial charge is 0.422 e. The van der Waals surface area contributed by atoms with E-state index in [-0.39, 0.29) is 24.3 Å². The molecule has 2 aliphatic rings. The molecule has 1 aromatic carbocycles. The van der Waals surface area contributed by atoms with Crippen LogP contribution in [0.3, 0.4) is 0 Å². The third-order valence-electron chi connectivity index (χ3n) is 6.44. The normalized spacial score (nSPS) is 23.9. The molecule has 0 N–H and O–H groups in total. The van der Waals surface area contributed by atoms with Gasteiger partial charge >= 0.3 is 18.1 Å². The van der Waals surface area contributed by atoms with Crippen molar-refractivity contribution in [1.82, 2.24) is 14.8 Å². The minimum atomic E-state index is -4.70. The van der Waals surface area contributed by atoms with Crippen molar-refractivity contribution in [2.45, 2.75) is 50.7 Å². The van der Waals surface area contributed by atoms with Crippen molar-refractivity contribution in [2.24, 2.45) is 5.92 Å². The number of piperidine rings is 2. The van der Waals surface area contributed by atoms with Crippen LogP contribution in [0.2, 0.25) is 0 Å². The highest BCUT2D eigenvalue weighted by molar-refractivity contribution is 7.18. The monoisotopic (exact) mass is 497 g/mol. The lowest BCUT2D eigenvalue weighted by atomic mass is 9.89. The predicted molar refractivity (Wildman–Crippen MR) is 119 cm³/mol. The molecule has 2 fully saturated rings. The first kappa shape index (κ1) is 24.4. The number of benzene rings is 1. The van der Waals surface area contributed by atoms with Gasteiger partial charge in [-0.2, -0.15) is 13.2 Å². The number of carbonyl (C=O) groups is 3. The Labute approximate surface area is 198 Å². The lowest BCUT2D eigenvalue weighted by Crippen LogP contribution is -2.45. The summed E-state index contributed by atoms with van der Waals surface area (Å²) in [6.45, 7) is 1.07. The Balaban J connectivity index is 1.55.